The summed E-state index contributed by atoms with van der Waals surface area (Å²) in [4.78, 5) is 15.8. The van der Waals surface area contributed by atoms with Gasteiger partial charge in [-0.05, 0) is 41.1 Å². The highest BCUT2D eigenvalue weighted by Gasteiger charge is 2.61. The van der Waals surface area contributed by atoms with Crippen molar-refractivity contribution in [1.29, 1.82) is 0 Å². The SMILES string of the molecule is CC12CCC(c3nc4c(-c5cccs5)sc(-c5cccs5)c4nc31)C2(C)C. The fourth-order valence-electron chi connectivity index (χ4n) is 5.16. The first-order chi connectivity index (χ1) is 13.0. The standard InChI is InChI=1S/C22H20N2S3/c1-21(2)12-8-9-22(21,3)20-15(12)23-16-17(24-20)19(14-7-5-11-26-14)27-18(16)13-6-4-10-25-13/h4-7,10-12H,8-9H2,1-3H3. The summed E-state index contributed by atoms with van der Waals surface area (Å²) in [5, 5.41) is 4.30. The maximum absolute atomic E-state index is 5.35. The van der Waals surface area contributed by atoms with Crippen LogP contribution < -0.4 is 0 Å². The molecule has 2 unspecified atom stereocenters. The van der Waals surface area contributed by atoms with Crippen molar-refractivity contribution < 1.29 is 0 Å². The summed E-state index contributed by atoms with van der Waals surface area (Å²) in [6, 6.07) is 8.67. The smallest absolute Gasteiger partial charge is 0.109 e. The Kier molecular flexibility index (Phi) is 3.21. The number of rotatable bonds is 2. The van der Waals surface area contributed by atoms with E-state index in [4.69, 9.17) is 9.97 Å². The highest BCUT2D eigenvalue weighted by molar-refractivity contribution is 7.27. The second-order valence-electron chi connectivity index (χ2n) is 8.51. The molecule has 136 valence electrons. The van der Waals surface area contributed by atoms with Gasteiger partial charge in [0.05, 0.1) is 21.1 Å². The maximum atomic E-state index is 5.35. The molecule has 5 heteroatoms. The molecule has 4 aromatic rings. The fourth-order valence-corrected chi connectivity index (χ4v) is 8.05. The lowest BCUT2D eigenvalue weighted by atomic mass is 9.70. The number of thiophene rings is 3. The van der Waals surface area contributed by atoms with Gasteiger partial charge in [-0.2, -0.15) is 0 Å². The Morgan fingerprint density at radius 2 is 1.56 bits per heavy atom. The van der Waals surface area contributed by atoms with Crippen molar-refractivity contribution in [2.24, 2.45) is 5.41 Å². The second-order valence-corrected chi connectivity index (χ2v) is 11.4. The molecule has 0 N–H and O–H groups in total. The molecule has 2 bridgehead atoms. The molecular formula is C22H20N2S3. The molecule has 1 saturated carbocycles. The first-order valence-electron chi connectivity index (χ1n) is 9.43. The molecule has 0 amide bonds. The predicted octanol–water partition coefficient (Wildman–Crippen LogP) is 7.32. The highest BCUT2D eigenvalue weighted by atomic mass is 32.1. The number of aromatic nitrogens is 2. The van der Waals surface area contributed by atoms with Gasteiger partial charge in [0.2, 0.25) is 0 Å². The van der Waals surface area contributed by atoms with Gasteiger partial charge in [0, 0.05) is 21.1 Å². The zero-order valence-electron chi connectivity index (χ0n) is 15.6. The summed E-state index contributed by atoms with van der Waals surface area (Å²) < 4.78 is 0. The molecule has 0 aromatic carbocycles. The normalized spacial score (nSPS) is 25.4. The Balaban J connectivity index is 1.70. The molecule has 4 heterocycles. The van der Waals surface area contributed by atoms with Crippen molar-refractivity contribution >= 4 is 45.0 Å². The van der Waals surface area contributed by atoms with Crippen molar-refractivity contribution in [3.63, 3.8) is 0 Å². The van der Waals surface area contributed by atoms with Crippen LogP contribution in [0.2, 0.25) is 0 Å². The molecule has 0 spiro atoms. The third-order valence-electron chi connectivity index (χ3n) is 7.13. The van der Waals surface area contributed by atoms with E-state index in [9.17, 15) is 0 Å². The molecular weight excluding hydrogens is 388 g/mol. The summed E-state index contributed by atoms with van der Waals surface area (Å²) >= 11 is 5.45. The lowest BCUT2D eigenvalue weighted by Crippen LogP contribution is -2.31. The van der Waals surface area contributed by atoms with E-state index in [0.717, 1.165) is 11.0 Å². The number of fused-ring (bicyclic) bond motifs is 6. The lowest BCUT2D eigenvalue weighted by molar-refractivity contribution is 0.227. The van der Waals surface area contributed by atoms with Crippen LogP contribution in [0, 0.1) is 5.41 Å². The van der Waals surface area contributed by atoms with Crippen molar-refractivity contribution in [3.05, 3.63) is 46.4 Å². The number of hydrogen-bond acceptors (Lipinski definition) is 5. The largest absolute Gasteiger partial charge is 0.247 e. The van der Waals surface area contributed by atoms with Gasteiger partial charge in [0.1, 0.15) is 11.0 Å². The first-order valence-corrected chi connectivity index (χ1v) is 12.0. The van der Waals surface area contributed by atoms with Gasteiger partial charge in [-0.3, -0.25) is 0 Å². The third kappa shape index (κ3) is 1.95. The van der Waals surface area contributed by atoms with E-state index in [1.54, 1.807) is 22.7 Å². The Morgan fingerprint density at radius 1 is 0.926 bits per heavy atom. The Bertz CT molecular complexity index is 1170. The van der Waals surface area contributed by atoms with Crippen LogP contribution >= 0.6 is 34.0 Å². The van der Waals surface area contributed by atoms with Crippen LogP contribution in [-0.4, -0.2) is 9.97 Å². The van der Waals surface area contributed by atoms with E-state index in [2.05, 4.69) is 55.8 Å². The summed E-state index contributed by atoms with van der Waals surface area (Å²) in [7, 11) is 0. The van der Waals surface area contributed by atoms with E-state index in [1.807, 2.05) is 11.3 Å². The van der Waals surface area contributed by atoms with E-state index in [1.165, 1.54) is 43.7 Å². The Morgan fingerprint density at radius 3 is 2.15 bits per heavy atom. The Labute approximate surface area is 170 Å². The molecule has 2 aliphatic rings. The summed E-state index contributed by atoms with van der Waals surface area (Å²) in [5.74, 6) is 0.538. The number of hydrogen-bond donors (Lipinski definition) is 0. The summed E-state index contributed by atoms with van der Waals surface area (Å²) in [6.07, 6.45) is 2.47. The van der Waals surface area contributed by atoms with Gasteiger partial charge >= 0.3 is 0 Å². The quantitative estimate of drug-likeness (QED) is 0.347. The summed E-state index contributed by atoms with van der Waals surface area (Å²) in [5.41, 5.74) is 5.14. The minimum atomic E-state index is 0.145. The first kappa shape index (κ1) is 16.4. The molecule has 4 aromatic heterocycles. The van der Waals surface area contributed by atoms with Gasteiger partial charge in [-0.25, -0.2) is 9.97 Å². The van der Waals surface area contributed by atoms with Gasteiger partial charge in [0.15, 0.2) is 0 Å². The fraction of sp³-hybridized carbons (Fsp3) is 0.364. The van der Waals surface area contributed by atoms with E-state index < -0.39 is 0 Å². The molecule has 6 rings (SSSR count). The lowest BCUT2D eigenvalue weighted by Gasteiger charge is -2.34. The average Bonchev–Trinajstić information content (AvgIpc) is 3.42. The van der Waals surface area contributed by atoms with E-state index >= 15 is 0 Å². The van der Waals surface area contributed by atoms with Crippen LogP contribution in [0.5, 0.6) is 0 Å². The zero-order valence-corrected chi connectivity index (χ0v) is 18.0. The van der Waals surface area contributed by atoms with Crippen LogP contribution in [0.15, 0.2) is 35.0 Å². The molecule has 0 radical (unpaired) electrons. The van der Waals surface area contributed by atoms with Crippen LogP contribution in [-0.2, 0) is 5.41 Å². The third-order valence-corrected chi connectivity index (χ3v) is 10.4. The van der Waals surface area contributed by atoms with Gasteiger partial charge in [-0.15, -0.1) is 34.0 Å². The van der Waals surface area contributed by atoms with Crippen molar-refractivity contribution in [2.75, 3.05) is 0 Å². The van der Waals surface area contributed by atoms with E-state index in [0.29, 0.717) is 5.92 Å². The van der Waals surface area contributed by atoms with Crippen molar-refractivity contribution in [3.8, 4) is 19.5 Å². The van der Waals surface area contributed by atoms with Gasteiger partial charge in [-0.1, -0.05) is 32.9 Å². The van der Waals surface area contributed by atoms with Gasteiger partial charge in [0.25, 0.3) is 0 Å². The number of nitrogens with zero attached hydrogens (tertiary/aromatic N) is 2. The predicted molar refractivity (Wildman–Crippen MR) is 117 cm³/mol. The molecule has 2 aliphatic carbocycles. The monoisotopic (exact) mass is 408 g/mol. The highest BCUT2D eigenvalue weighted by Crippen LogP contribution is 2.67. The molecule has 2 atom stereocenters. The molecule has 0 aliphatic heterocycles. The van der Waals surface area contributed by atoms with Crippen molar-refractivity contribution in [1.82, 2.24) is 9.97 Å². The maximum Gasteiger partial charge on any atom is 0.109 e. The minimum absolute atomic E-state index is 0.145. The van der Waals surface area contributed by atoms with Gasteiger partial charge < -0.3 is 0 Å². The molecule has 1 fully saturated rings. The van der Waals surface area contributed by atoms with Crippen LogP contribution in [0.4, 0.5) is 0 Å². The van der Waals surface area contributed by atoms with Crippen molar-refractivity contribution in [2.45, 2.75) is 44.9 Å². The topological polar surface area (TPSA) is 25.8 Å². The van der Waals surface area contributed by atoms with Crippen LogP contribution in [0.25, 0.3) is 30.5 Å². The van der Waals surface area contributed by atoms with E-state index in [-0.39, 0.29) is 10.8 Å². The average molecular weight is 409 g/mol. The second kappa shape index (κ2) is 5.28. The zero-order chi connectivity index (χ0) is 18.4. The summed E-state index contributed by atoms with van der Waals surface area (Å²) in [6.45, 7) is 7.25. The minimum Gasteiger partial charge on any atom is -0.247 e. The van der Waals surface area contributed by atoms with Crippen LogP contribution in [0.3, 0.4) is 0 Å². The Hall–Kier alpha value is -1.56. The van der Waals surface area contributed by atoms with Crippen LogP contribution in [0.1, 0.15) is 50.9 Å². The molecule has 2 nitrogen and oxygen atoms in total. The molecule has 27 heavy (non-hydrogen) atoms. The molecule has 0 saturated heterocycles.